The molecule has 0 spiro atoms. The average Bonchev–Trinajstić information content (AvgIpc) is 3.19. The summed E-state index contributed by atoms with van der Waals surface area (Å²) in [6.45, 7) is 6.90. The van der Waals surface area contributed by atoms with Crippen molar-refractivity contribution in [1.29, 1.82) is 0 Å². The summed E-state index contributed by atoms with van der Waals surface area (Å²) in [6.07, 6.45) is 0. The maximum atomic E-state index is 13.6. The molecule has 4 rings (SSSR count). The van der Waals surface area contributed by atoms with Gasteiger partial charge in [-0.05, 0) is 56.7 Å². The number of rotatable bonds is 11. The van der Waals surface area contributed by atoms with Crippen LogP contribution in [0.5, 0.6) is 23.0 Å². The Balaban J connectivity index is 1.90. The van der Waals surface area contributed by atoms with Gasteiger partial charge in [0.05, 0.1) is 50.7 Å². The zero-order chi connectivity index (χ0) is 27.9. The van der Waals surface area contributed by atoms with E-state index in [0.717, 1.165) is 5.56 Å². The summed E-state index contributed by atoms with van der Waals surface area (Å²) < 4.78 is 22.6. The van der Waals surface area contributed by atoms with Gasteiger partial charge < -0.3 is 29.0 Å². The highest BCUT2D eigenvalue weighted by atomic mass is 16.5. The summed E-state index contributed by atoms with van der Waals surface area (Å²) in [5.41, 5.74) is 1.61. The maximum absolute atomic E-state index is 13.6. The van der Waals surface area contributed by atoms with E-state index in [0.29, 0.717) is 53.9 Å². The molecule has 0 aromatic heterocycles. The van der Waals surface area contributed by atoms with E-state index in [1.165, 1.54) is 4.90 Å². The summed E-state index contributed by atoms with van der Waals surface area (Å²) in [6, 6.07) is 18.6. The second-order valence-electron chi connectivity index (χ2n) is 8.77. The molecule has 0 radical (unpaired) electrons. The van der Waals surface area contributed by atoms with E-state index in [1.54, 1.807) is 49.6 Å². The Morgan fingerprint density at radius 3 is 2.21 bits per heavy atom. The second kappa shape index (κ2) is 12.4. The largest absolute Gasteiger partial charge is 0.507 e. The second-order valence-corrected chi connectivity index (χ2v) is 8.77. The lowest BCUT2D eigenvalue weighted by molar-refractivity contribution is -0.140. The van der Waals surface area contributed by atoms with Crippen molar-refractivity contribution in [2.24, 2.45) is 0 Å². The number of carbonyl (C=O) groups excluding carboxylic acids is 2. The first kappa shape index (κ1) is 27.6. The van der Waals surface area contributed by atoms with Crippen molar-refractivity contribution in [3.8, 4) is 23.0 Å². The molecule has 3 aromatic carbocycles. The van der Waals surface area contributed by atoms with Crippen molar-refractivity contribution in [2.75, 3.05) is 26.9 Å². The molecule has 1 saturated heterocycles. The number of hydrogen-bond donors (Lipinski definition) is 1. The summed E-state index contributed by atoms with van der Waals surface area (Å²) >= 11 is 0. The van der Waals surface area contributed by atoms with Gasteiger partial charge in [-0.1, -0.05) is 30.3 Å². The van der Waals surface area contributed by atoms with Crippen LogP contribution in [0.15, 0.2) is 72.3 Å². The number of benzene rings is 3. The number of methoxy groups -OCH3 is 1. The summed E-state index contributed by atoms with van der Waals surface area (Å²) in [7, 11) is 1.55. The molecule has 1 heterocycles. The number of amides is 1. The van der Waals surface area contributed by atoms with E-state index < -0.39 is 17.7 Å². The van der Waals surface area contributed by atoms with Gasteiger partial charge >= 0.3 is 0 Å². The van der Waals surface area contributed by atoms with Crippen molar-refractivity contribution >= 4 is 17.4 Å². The zero-order valence-corrected chi connectivity index (χ0v) is 22.6. The quantitative estimate of drug-likeness (QED) is 0.198. The van der Waals surface area contributed by atoms with Gasteiger partial charge in [0.2, 0.25) is 0 Å². The van der Waals surface area contributed by atoms with E-state index in [4.69, 9.17) is 18.9 Å². The predicted octanol–water partition coefficient (Wildman–Crippen LogP) is 5.51. The zero-order valence-electron chi connectivity index (χ0n) is 22.6. The number of aliphatic hydroxyl groups is 1. The van der Waals surface area contributed by atoms with Gasteiger partial charge in [-0.2, -0.15) is 0 Å². The molecule has 1 atom stereocenters. The van der Waals surface area contributed by atoms with Crippen LogP contribution in [0, 0.1) is 0 Å². The minimum Gasteiger partial charge on any atom is -0.507 e. The van der Waals surface area contributed by atoms with E-state index in [9.17, 15) is 14.7 Å². The number of para-hydroxylation sites is 1. The number of ether oxygens (including phenoxy) is 4. The summed E-state index contributed by atoms with van der Waals surface area (Å²) in [4.78, 5) is 28.5. The number of nitrogens with zero attached hydrogens (tertiary/aromatic N) is 1. The van der Waals surface area contributed by atoms with Crippen molar-refractivity contribution in [2.45, 2.75) is 33.4 Å². The SMILES string of the molecule is CCOc1cccc(C2/C(=C(\O)c3ccc(OCC)cc3OCC)C(=O)C(=O)N2Cc2ccccc2OC)c1. The molecule has 8 nitrogen and oxygen atoms in total. The molecule has 1 aliphatic heterocycles. The van der Waals surface area contributed by atoms with Gasteiger partial charge in [0, 0.05) is 11.6 Å². The Morgan fingerprint density at radius 1 is 0.821 bits per heavy atom. The average molecular weight is 532 g/mol. The fraction of sp³-hybridized carbons (Fsp3) is 0.290. The molecule has 39 heavy (non-hydrogen) atoms. The van der Waals surface area contributed by atoms with Gasteiger partial charge in [-0.3, -0.25) is 9.59 Å². The van der Waals surface area contributed by atoms with Gasteiger partial charge in [0.25, 0.3) is 11.7 Å². The highest BCUT2D eigenvalue weighted by molar-refractivity contribution is 6.46. The molecule has 8 heteroatoms. The highest BCUT2D eigenvalue weighted by Gasteiger charge is 2.46. The topological polar surface area (TPSA) is 94.5 Å². The first-order valence-corrected chi connectivity index (χ1v) is 13.0. The molecule has 1 unspecified atom stereocenters. The van der Waals surface area contributed by atoms with Crippen LogP contribution < -0.4 is 18.9 Å². The van der Waals surface area contributed by atoms with Crippen LogP contribution in [-0.4, -0.2) is 48.6 Å². The minimum absolute atomic E-state index is 0.0336. The number of Topliss-reactive ketones (excluding diaryl/α,β-unsaturated/α-hetero) is 1. The fourth-order valence-electron chi connectivity index (χ4n) is 4.72. The molecule has 0 bridgehead atoms. The third-order valence-electron chi connectivity index (χ3n) is 6.38. The van der Waals surface area contributed by atoms with Crippen LogP contribution in [0.1, 0.15) is 43.5 Å². The molecule has 1 fully saturated rings. The molecule has 1 aliphatic rings. The van der Waals surface area contributed by atoms with E-state index in [2.05, 4.69) is 0 Å². The van der Waals surface area contributed by atoms with E-state index >= 15 is 0 Å². The van der Waals surface area contributed by atoms with Crippen molar-refractivity contribution < 1.29 is 33.6 Å². The van der Waals surface area contributed by atoms with Crippen molar-refractivity contribution in [3.63, 3.8) is 0 Å². The maximum Gasteiger partial charge on any atom is 0.295 e. The Morgan fingerprint density at radius 2 is 1.51 bits per heavy atom. The Hall–Kier alpha value is -4.46. The van der Waals surface area contributed by atoms with Crippen LogP contribution >= 0.6 is 0 Å². The highest BCUT2D eigenvalue weighted by Crippen LogP contribution is 2.43. The third-order valence-corrected chi connectivity index (χ3v) is 6.38. The van der Waals surface area contributed by atoms with E-state index in [1.807, 2.05) is 45.0 Å². The van der Waals surface area contributed by atoms with Crippen LogP contribution in [-0.2, 0) is 16.1 Å². The normalized spacial score (nSPS) is 16.3. The standard InChI is InChI=1S/C31H33NO7/c1-5-37-22-13-10-12-20(17-22)28-27(29(33)24-16-15-23(38-6-2)18-26(24)39-7-3)30(34)31(35)32(28)19-21-11-8-9-14-25(21)36-4/h8-18,28,33H,5-7,19H2,1-4H3/b29-27+. The molecular formula is C31H33NO7. The van der Waals surface area contributed by atoms with Gasteiger partial charge in [-0.25, -0.2) is 0 Å². The first-order valence-electron chi connectivity index (χ1n) is 13.0. The smallest absolute Gasteiger partial charge is 0.295 e. The van der Waals surface area contributed by atoms with Crippen LogP contribution in [0.3, 0.4) is 0 Å². The molecular weight excluding hydrogens is 498 g/mol. The minimum atomic E-state index is -0.878. The Kier molecular flexibility index (Phi) is 8.76. The lowest BCUT2D eigenvalue weighted by Crippen LogP contribution is -2.29. The monoisotopic (exact) mass is 531 g/mol. The molecule has 3 aromatic rings. The molecule has 1 amide bonds. The number of likely N-dealkylation sites (tertiary alicyclic amines) is 1. The van der Waals surface area contributed by atoms with E-state index in [-0.39, 0.29) is 17.9 Å². The number of hydrogen-bond acceptors (Lipinski definition) is 7. The predicted molar refractivity (Wildman–Crippen MR) is 147 cm³/mol. The first-order chi connectivity index (χ1) is 18.9. The van der Waals surface area contributed by atoms with Gasteiger partial charge in [-0.15, -0.1) is 0 Å². The van der Waals surface area contributed by atoms with Gasteiger partial charge in [0.1, 0.15) is 28.8 Å². The summed E-state index contributed by atoms with van der Waals surface area (Å²) in [5, 5.41) is 11.6. The third kappa shape index (κ3) is 5.70. The lowest BCUT2D eigenvalue weighted by atomic mass is 9.94. The van der Waals surface area contributed by atoms with Crippen molar-refractivity contribution in [1.82, 2.24) is 4.90 Å². The Labute approximate surface area is 228 Å². The molecule has 204 valence electrons. The van der Waals surface area contributed by atoms with Crippen molar-refractivity contribution in [3.05, 3.63) is 89.0 Å². The van der Waals surface area contributed by atoms with Crippen LogP contribution in [0.2, 0.25) is 0 Å². The number of carbonyl (C=O) groups is 2. The lowest BCUT2D eigenvalue weighted by Gasteiger charge is -2.26. The molecule has 1 N–H and O–H groups in total. The van der Waals surface area contributed by atoms with Gasteiger partial charge in [0.15, 0.2) is 0 Å². The molecule has 0 aliphatic carbocycles. The van der Waals surface area contributed by atoms with Crippen LogP contribution in [0.25, 0.3) is 5.76 Å². The summed E-state index contributed by atoms with van der Waals surface area (Å²) in [5.74, 6) is 0.256. The van der Waals surface area contributed by atoms with Crippen LogP contribution in [0.4, 0.5) is 0 Å². The number of aliphatic hydroxyl groups excluding tert-OH is 1. The Bertz CT molecular complexity index is 1380. The molecule has 0 saturated carbocycles. The fourth-order valence-corrected chi connectivity index (χ4v) is 4.72. The number of ketones is 1.